The summed E-state index contributed by atoms with van der Waals surface area (Å²) in [6, 6.07) is 0. The third kappa shape index (κ3) is 3.44. The topological polar surface area (TPSA) is 110 Å². The minimum Gasteiger partial charge on any atom is -0.549 e. The zero-order valence-corrected chi connectivity index (χ0v) is 14.0. The molecule has 0 aromatic carbocycles. The van der Waals surface area contributed by atoms with Gasteiger partial charge in [0.1, 0.15) is 16.2 Å². The Labute approximate surface area is 136 Å². The van der Waals surface area contributed by atoms with Crippen molar-refractivity contribution < 1.29 is 9.90 Å². The van der Waals surface area contributed by atoms with E-state index in [1.54, 1.807) is 0 Å². The molecule has 0 amide bonds. The van der Waals surface area contributed by atoms with Gasteiger partial charge in [0, 0.05) is 26.3 Å². The molecule has 2 rings (SSSR count). The fourth-order valence-electron chi connectivity index (χ4n) is 2.15. The standard InChI is InChI=1S/C14H18N4O4S/c1-4-5-6-8-15-11-10(12(16-8)23-7-9(19)20)13(21)18(3)14(22)17(11)2/h4-7H2,1-3H3,(H,19,20)/p-1. The lowest BCUT2D eigenvalue weighted by atomic mass is 10.2. The second kappa shape index (κ2) is 6.95. The largest absolute Gasteiger partial charge is 0.549 e. The van der Waals surface area contributed by atoms with Crippen molar-refractivity contribution in [2.45, 2.75) is 31.2 Å². The summed E-state index contributed by atoms with van der Waals surface area (Å²) >= 11 is 0.901. The van der Waals surface area contributed by atoms with E-state index < -0.39 is 17.2 Å². The number of rotatable bonds is 6. The monoisotopic (exact) mass is 337 g/mol. The highest BCUT2D eigenvalue weighted by Gasteiger charge is 2.17. The summed E-state index contributed by atoms with van der Waals surface area (Å²) < 4.78 is 2.23. The molecular formula is C14H17N4O4S-. The van der Waals surface area contributed by atoms with E-state index in [0.29, 0.717) is 12.2 Å². The number of unbranched alkanes of at least 4 members (excludes halogenated alkanes) is 1. The molecule has 0 radical (unpaired) electrons. The van der Waals surface area contributed by atoms with E-state index in [0.717, 1.165) is 29.2 Å². The van der Waals surface area contributed by atoms with Crippen molar-refractivity contribution in [3.63, 3.8) is 0 Å². The molecule has 0 N–H and O–H groups in total. The second-order valence-corrected chi connectivity index (χ2v) is 6.08. The van der Waals surface area contributed by atoms with Crippen LogP contribution >= 0.6 is 11.8 Å². The van der Waals surface area contributed by atoms with E-state index in [9.17, 15) is 19.5 Å². The van der Waals surface area contributed by atoms with Gasteiger partial charge < -0.3 is 9.90 Å². The highest BCUT2D eigenvalue weighted by atomic mass is 32.2. The maximum absolute atomic E-state index is 12.4. The van der Waals surface area contributed by atoms with E-state index in [2.05, 4.69) is 9.97 Å². The van der Waals surface area contributed by atoms with Crippen molar-refractivity contribution in [3.05, 3.63) is 26.7 Å². The predicted molar refractivity (Wildman–Crippen MR) is 84.4 cm³/mol. The first kappa shape index (κ1) is 17.2. The zero-order valence-electron chi connectivity index (χ0n) is 13.2. The summed E-state index contributed by atoms with van der Waals surface area (Å²) in [7, 11) is 2.89. The maximum Gasteiger partial charge on any atom is 0.332 e. The number of hydrogen-bond acceptors (Lipinski definition) is 7. The molecule has 0 aliphatic carbocycles. The Bertz CT molecular complexity index is 872. The molecule has 23 heavy (non-hydrogen) atoms. The van der Waals surface area contributed by atoms with Crippen LogP contribution < -0.4 is 16.4 Å². The summed E-state index contributed by atoms with van der Waals surface area (Å²) in [6.07, 6.45) is 2.39. The van der Waals surface area contributed by atoms with E-state index in [-0.39, 0.29) is 21.8 Å². The van der Waals surface area contributed by atoms with Crippen molar-refractivity contribution in [3.8, 4) is 0 Å². The first-order valence-corrected chi connectivity index (χ1v) is 8.14. The molecule has 2 aromatic heterocycles. The van der Waals surface area contributed by atoms with Gasteiger partial charge in [0.15, 0.2) is 5.65 Å². The first-order valence-electron chi connectivity index (χ1n) is 7.16. The highest BCUT2D eigenvalue weighted by molar-refractivity contribution is 8.00. The lowest BCUT2D eigenvalue weighted by Crippen LogP contribution is -2.38. The summed E-state index contributed by atoms with van der Waals surface area (Å²) in [5.74, 6) is -1.09. The molecule has 0 spiro atoms. The molecule has 124 valence electrons. The van der Waals surface area contributed by atoms with Crippen LogP contribution in [0.4, 0.5) is 0 Å². The number of nitrogens with zero attached hydrogens (tertiary/aromatic N) is 4. The Morgan fingerprint density at radius 2 is 1.91 bits per heavy atom. The van der Waals surface area contributed by atoms with Crippen molar-refractivity contribution >= 4 is 28.8 Å². The number of carboxylic acids is 1. The molecule has 0 aliphatic rings. The van der Waals surface area contributed by atoms with Crippen LogP contribution in [0.3, 0.4) is 0 Å². The van der Waals surface area contributed by atoms with Gasteiger partial charge in [0.25, 0.3) is 5.56 Å². The highest BCUT2D eigenvalue weighted by Crippen LogP contribution is 2.22. The van der Waals surface area contributed by atoms with Gasteiger partial charge in [0.05, 0.1) is 5.97 Å². The number of carboxylic acid groups (broad SMARTS) is 1. The van der Waals surface area contributed by atoms with E-state index in [4.69, 9.17) is 0 Å². The third-order valence-corrected chi connectivity index (χ3v) is 4.34. The normalized spacial score (nSPS) is 11.1. The van der Waals surface area contributed by atoms with E-state index >= 15 is 0 Å². The first-order chi connectivity index (χ1) is 10.9. The van der Waals surface area contributed by atoms with Crippen LogP contribution in [-0.2, 0) is 25.3 Å². The Kier molecular flexibility index (Phi) is 5.19. The molecule has 0 fully saturated rings. The zero-order chi connectivity index (χ0) is 17.1. The van der Waals surface area contributed by atoms with Gasteiger partial charge in [0.2, 0.25) is 0 Å². The molecule has 9 heteroatoms. The van der Waals surface area contributed by atoms with Gasteiger partial charge in [-0.25, -0.2) is 14.8 Å². The van der Waals surface area contributed by atoms with Gasteiger partial charge in [-0.05, 0) is 6.42 Å². The summed E-state index contributed by atoms with van der Waals surface area (Å²) in [5.41, 5.74) is -0.801. The Hall–Kier alpha value is -2.16. The maximum atomic E-state index is 12.4. The van der Waals surface area contributed by atoms with Gasteiger partial charge in [-0.2, -0.15) is 0 Å². The minimum atomic E-state index is -1.25. The molecule has 2 aromatic rings. The second-order valence-electron chi connectivity index (χ2n) is 5.11. The lowest BCUT2D eigenvalue weighted by Gasteiger charge is -2.12. The molecular weight excluding hydrogens is 320 g/mol. The van der Waals surface area contributed by atoms with Crippen molar-refractivity contribution in [1.29, 1.82) is 0 Å². The summed E-state index contributed by atoms with van der Waals surface area (Å²) in [5, 5.41) is 11.1. The quantitative estimate of drug-likeness (QED) is 0.502. The average Bonchev–Trinajstić information content (AvgIpc) is 2.53. The summed E-state index contributed by atoms with van der Waals surface area (Å²) in [4.78, 5) is 43.8. The molecule has 0 bridgehead atoms. The summed E-state index contributed by atoms with van der Waals surface area (Å²) in [6.45, 7) is 2.03. The third-order valence-electron chi connectivity index (χ3n) is 3.39. The molecule has 0 atom stereocenters. The molecule has 0 saturated heterocycles. The molecule has 2 heterocycles. The van der Waals surface area contributed by atoms with Crippen molar-refractivity contribution in [2.75, 3.05) is 5.75 Å². The van der Waals surface area contributed by atoms with Crippen LogP contribution in [0.15, 0.2) is 14.6 Å². The van der Waals surface area contributed by atoms with Crippen molar-refractivity contribution in [1.82, 2.24) is 19.1 Å². The minimum absolute atomic E-state index is 0.154. The van der Waals surface area contributed by atoms with Crippen LogP contribution in [0.1, 0.15) is 25.6 Å². The number of aliphatic carboxylic acids is 1. The number of hydrogen-bond donors (Lipinski definition) is 0. The van der Waals surface area contributed by atoms with Gasteiger partial charge >= 0.3 is 5.69 Å². The smallest absolute Gasteiger partial charge is 0.332 e. The van der Waals surface area contributed by atoms with Gasteiger partial charge in [-0.3, -0.25) is 13.9 Å². The van der Waals surface area contributed by atoms with Crippen LogP contribution in [0.5, 0.6) is 0 Å². The SMILES string of the molecule is CCCCc1nc(SCC(=O)[O-])c2c(=O)n(C)c(=O)n(C)c2n1. The fraction of sp³-hybridized carbons (Fsp3) is 0.500. The average molecular weight is 337 g/mol. The number of carbonyl (C=O) groups is 1. The molecule has 0 saturated carbocycles. The number of aryl methyl sites for hydroxylation is 2. The van der Waals surface area contributed by atoms with Crippen LogP contribution in [0.25, 0.3) is 11.0 Å². The van der Waals surface area contributed by atoms with Gasteiger partial charge in [-0.15, -0.1) is 0 Å². The number of carbonyl (C=O) groups excluding carboxylic acids is 1. The molecule has 8 nitrogen and oxygen atoms in total. The molecule has 0 aliphatic heterocycles. The van der Waals surface area contributed by atoms with Crippen LogP contribution in [-0.4, -0.2) is 30.8 Å². The Morgan fingerprint density at radius 3 is 2.52 bits per heavy atom. The fourth-order valence-corrected chi connectivity index (χ4v) is 2.90. The van der Waals surface area contributed by atoms with Crippen LogP contribution in [0.2, 0.25) is 0 Å². The Morgan fingerprint density at radius 1 is 1.22 bits per heavy atom. The van der Waals surface area contributed by atoms with Crippen molar-refractivity contribution in [2.24, 2.45) is 14.1 Å². The van der Waals surface area contributed by atoms with Gasteiger partial charge in [-0.1, -0.05) is 25.1 Å². The number of fused-ring (bicyclic) bond motifs is 1. The van der Waals surface area contributed by atoms with E-state index in [1.807, 2.05) is 6.92 Å². The Balaban J connectivity index is 2.75. The number of aromatic nitrogens is 4. The van der Waals surface area contributed by atoms with Crippen LogP contribution in [0, 0.1) is 0 Å². The molecule has 0 unspecified atom stereocenters. The lowest BCUT2D eigenvalue weighted by molar-refractivity contribution is -0.301. The number of thioether (sulfide) groups is 1. The predicted octanol–water partition coefficient (Wildman–Crippen LogP) is -0.788. The van der Waals surface area contributed by atoms with E-state index in [1.165, 1.54) is 18.7 Å².